The average Bonchev–Trinajstić information content (AvgIpc) is 2.82. The van der Waals surface area contributed by atoms with Gasteiger partial charge >= 0.3 is 0 Å². The fourth-order valence-corrected chi connectivity index (χ4v) is 3.05. The number of benzene rings is 1. The van der Waals surface area contributed by atoms with Crippen LogP contribution in [0.2, 0.25) is 0 Å². The van der Waals surface area contributed by atoms with Gasteiger partial charge in [0.15, 0.2) is 0 Å². The molecule has 0 saturated heterocycles. The summed E-state index contributed by atoms with van der Waals surface area (Å²) in [7, 11) is 1.97. The SMILES string of the molecule is CCCc1nc(COc2ccc(C)cc2)sc1CNC. The molecule has 1 aromatic heterocycles. The summed E-state index contributed by atoms with van der Waals surface area (Å²) < 4.78 is 5.80. The van der Waals surface area contributed by atoms with Crippen LogP contribution in [0.15, 0.2) is 24.3 Å². The number of hydrogen-bond donors (Lipinski definition) is 1. The summed E-state index contributed by atoms with van der Waals surface area (Å²) in [5, 5.41) is 4.26. The van der Waals surface area contributed by atoms with Crippen LogP contribution in [-0.4, -0.2) is 12.0 Å². The van der Waals surface area contributed by atoms with Crippen molar-refractivity contribution in [1.29, 1.82) is 0 Å². The molecule has 0 unspecified atom stereocenters. The van der Waals surface area contributed by atoms with E-state index in [2.05, 4.69) is 31.3 Å². The van der Waals surface area contributed by atoms with E-state index in [4.69, 9.17) is 9.72 Å². The van der Waals surface area contributed by atoms with E-state index >= 15 is 0 Å². The van der Waals surface area contributed by atoms with Crippen LogP contribution in [0.5, 0.6) is 5.75 Å². The average molecular weight is 290 g/mol. The van der Waals surface area contributed by atoms with Crippen molar-refractivity contribution >= 4 is 11.3 Å². The molecule has 0 aliphatic rings. The summed E-state index contributed by atoms with van der Waals surface area (Å²) in [6, 6.07) is 8.13. The number of rotatable bonds is 7. The molecule has 3 nitrogen and oxygen atoms in total. The molecule has 2 rings (SSSR count). The molecule has 0 amide bonds. The number of aryl methyl sites for hydroxylation is 2. The van der Waals surface area contributed by atoms with Gasteiger partial charge in [-0.15, -0.1) is 11.3 Å². The van der Waals surface area contributed by atoms with E-state index in [1.165, 1.54) is 16.1 Å². The monoisotopic (exact) mass is 290 g/mol. The molecule has 0 saturated carbocycles. The highest BCUT2D eigenvalue weighted by molar-refractivity contribution is 7.11. The van der Waals surface area contributed by atoms with Gasteiger partial charge in [0.25, 0.3) is 0 Å². The topological polar surface area (TPSA) is 34.1 Å². The van der Waals surface area contributed by atoms with Crippen LogP contribution in [0.25, 0.3) is 0 Å². The zero-order valence-corrected chi connectivity index (χ0v) is 13.2. The van der Waals surface area contributed by atoms with E-state index in [9.17, 15) is 0 Å². The molecular formula is C16H22N2OS. The van der Waals surface area contributed by atoms with Gasteiger partial charge in [-0.3, -0.25) is 0 Å². The second-order valence-corrected chi connectivity index (χ2v) is 6.03. The smallest absolute Gasteiger partial charge is 0.140 e. The Bertz CT molecular complexity index is 510. The minimum atomic E-state index is 0.550. The van der Waals surface area contributed by atoms with Crippen LogP contribution in [0.1, 0.15) is 34.5 Å². The van der Waals surface area contributed by atoms with Crippen LogP contribution in [0, 0.1) is 6.92 Å². The molecule has 20 heavy (non-hydrogen) atoms. The van der Waals surface area contributed by atoms with E-state index < -0.39 is 0 Å². The van der Waals surface area contributed by atoms with E-state index in [1.807, 2.05) is 19.2 Å². The summed E-state index contributed by atoms with van der Waals surface area (Å²) in [5.74, 6) is 0.901. The van der Waals surface area contributed by atoms with E-state index in [-0.39, 0.29) is 0 Å². The van der Waals surface area contributed by atoms with Gasteiger partial charge in [-0.2, -0.15) is 0 Å². The van der Waals surface area contributed by atoms with E-state index in [0.29, 0.717) is 6.61 Å². The Kier molecular flexibility index (Phi) is 5.56. The predicted molar refractivity (Wildman–Crippen MR) is 84.4 cm³/mol. The molecule has 1 heterocycles. The fourth-order valence-electron chi connectivity index (χ4n) is 2.01. The molecule has 0 bridgehead atoms. The maximum atomic E-state index is 5.80. The van der Waals surface area contributed by atoms with Crippen molar-refractivity contribution in [2.45, 2.75) is 39.8 Å². The highest BCUT2D eigenvalue weighted by Crippen LogP contribution is 2.22. The van der Waals surface area contributed by atoms with Gasteiger partial charge in [0, 0.05) is 11.4 Å². The molecule has 4 heteroatoms. The minimum Gasteiger partial charge on any atom is -0.486 e. The third kappa shape index (κ3) is 4.05. The molecule has 1 aromatic carbocycles. The van der Waals surface area contributed by atoms with Gasteiger partial charge in [-0.1, -0.05) is 31.0 Å². The summed E-state index contributed by atoms with van der Waals surface area (Å²) in [4.78, 5) is 6.04. The maximum absolute atomic E-state index is 5.80. The zero-order valence-electron chi connectivity index (χ0n) is 12.4. The first-order valence-electron chi connectivity index (χ1n) is 7.04. The molecule has 0 aliphatic heterocycles. The van der Waals surface area contributed by atoms with Gasteiger partial charge in [-0.25, -0.2) is 4.98 Å². The highest BCUT2D eigenvalue weighted by atomic mass is 32.1. The number of hydrogen-bond acceptors (Lipinski definition) is 4. The number of thiazole rings is 1. The molecule has 0 aliphatic carbocycles. The van der Waals surface area contributed by atoms with Crippen LogP contribution in [-0.2, 0) is 19.6 Å². The lowest BCUT2D eigenvalue weighted by atomic mass is 10.2. The van der Waals surface area contributed by atoms with Crippen LogP contribution < -0.4 is 10.1 Å². The number of nitrogens with zero attached hydrogens (tertiary/aromatic N) is 1. The highest BCUT2D eigenvalue weighted by Gasteiger charge is 2.10. The molecule has 0 fully saturated rings. The molecule has 2 aromatic rings. The number of nitrogens with one attached hydrogen (secondary N) is 1. The van der Waals surface area contributed by atoms with Gasteiger partial charge < -0.3 is 10.1 Å². The third-order valence-corrected chi connectivity index (χ3v) is 4.10. The third-order valence-electron chi connectivity index (χ3n) is 3.03. The molecule has 0 radical (unpaired) electrons. The standard InChI is InChI=1S/C16H22N2OS/c1-4-5-14-15(10-17-3)20-16(18-14)11-19-13-8-6-12(2)7-9-13/h6-9,17H,4-5,10-11H2,1-3H3. The first-order valence-corrected chi connectivity index (χ1v) is 7.86. The fraction of sp³-hybridized carbons (Fsp3) is 0.438. The van der Waals surface area contributed by atoms with Gasteiger partial charge in [-0.05, 0) is 32.5 Å². The molecule has 108 valence electrons. The van der Waals surface area contributed by atoms with Crippen molar-refractivity contribution in [1.82, 2.24) is 10.3 Å². The zero-order chi connectivity index (χ0) is 14.4. The molecular weight excluding hydrogens is 268 g/mol. The number of ether oxygens (including phenoxy) is 1. The quantitative estimate of drug-likeness (QED) is 0.844. The van der Waals surface area contributed by atoms with Crippen molar-refractivity contribution in [3.8, 4) is 5.75 Å². The second kappa shape index (κ2) is 7.41. The van der Waals surface area contributed by atoms with Crippen molar-refractivity contribution in [3.05, 3.63) is 45.4 Å². The Hall–Kier alpha value is -1.39. The Morgan fingerprint density at radius 2 is 2.00 bits per heavy atom. The van der Waals surface area contributed by atoms with Gasteiger partial charge in [0.1, 0.15) is 17.4 Å². The lowest BCUT2D eigenvalue weighted by molar-refractivity contribution is 0.305. The Labute approximate surface area is 125 Å². The van der Waals surface area contributed by atoms with Crippen molar-refractivity contribution in [2.24, 2.45) is 0 Å². The molecule has 0 atom stereocenters. The normalized spacial score (nSPS) is 10.8. The first kappa shape index (κ1) is 15.0. The first-order chi connectivity index (χ1) is 9.72. The van der Waals surface area contributed by atoms with Crippen LogP contribution >= 0.6 is 11.3 Å². The van der Waals surface area contributed by atoms with Gasteiger partial charge in [0.2, 0.25) is 0 Å². The number of aromatic nitrogens is 1. The Morgan fingerprint density at radius 3 is 2.65 bits per heavy atom. The van der Waals surface area contributed by atoms with E-state index in [1.54, 1.807) is 11.3 Å². The summed E-state index contributed by atoms with van der Waals surface area (Å²) in [6.07, 6.45) is 2.16. The maximum Gasteiger partial charge on any atom is 0.140 e. The second-order valence-electron chi connectivity index (χ2n) is 4.86. The summed E-state index contributed by atoms with van der Waals surface area (Å²) in [5.41, 5.74) is 2.46. The lowest BCUT2D eigenvalue weighted by Crippen LogP contribution is -2.05. The summed E-state index contributed by atoms with van der Waals surface area (Å²) >= 11 is 1.75. The molecule has 1 N–H and O–H groups in total. The van der Waals surface area contributed by atoms with Crippen molar-refractivity contribution in [3.63, 3.8) is 0 Å². The largest absolute Gasteiger partial charge is 0.486 e. The Morgan fingerprint density at radius 1 is 1.25 bits per heavy atom. The van der Waals surface area contributed by atoms with E-state index in [0.717, 1.165) is 30.1 Å². The predicted octanol–water partition coefficient (Wildman–Crippen LogP) is 3.70. The van der Waals surface area contributed by atoms with Crippen LogP contribution in [0.4, 0.5) is 0 Å². The summed E-state index contributed by atoms with van der Waals surface area (Å²) in [6.45, 7) is 5.70. The Balaban J connectivity index is 2.01. The minimum absolute atomic E-state index is 0.550. The van der Waals surface area contributed by atoms with Gasteiger partial charge in [0.05, 0.1) is 5.69 Å². The lowest BCUT2D eigenvalue weighted by Gasteiger charge is -2.03. The van der Waals surface area contributed by atoms with Crippen LogP contribution in [0.3, 0.4) is 0 Å². The molecule has 0 spiro atoms. The van der Waals surface area contributed by atoms with Crippen molar-refractivity contribution < 1.29 is 4.74 Å². The van der Waals surface area contributed by atoms with Crippen molar-refractivity contribution in [2.75, 3.05) is 7.05 Å².